The van der Waals surface area contributed by atoms with Crippen LogP contribution in [0.5, 0.6) is 5.75 Å². The third-order valence-electron chi connectivity index (χ3n) is 4.99. The predicted molar refractivity (Wildman–Crippen MR) is 119 cm³/mol. The van der Waals surface area contributed by atoms with Crippen molar-refractivity contribution in [3.8, 4) is 5.75 Å². The number of esters is 1. The standard InChI is InChI=1S/C24H31N3O4/c1-24(2,3)31-23(29)21(27(17-28)19-9-6-12-25-15-19)10-7-13-26-16-20-14-18-8-4-5-11-22(18)30-20/h4-6,8-9,11-12,15,17,20-21,26H,7,10,13-14,16H2,1-3H3. The quantitative estimate of drug-likeness (QED) is 0.358. The van der Waals surface area contributed by atoms with Crippen LogP contribution in [0, 0.1) is 0 Å². The van der Waals surface area contributed by atoms with Gasteiger partial charge in [-0.3, -0.25) is 14.7 Å². The molecule has 0 aliphatic carbocycles. The topological polar surface area (TPSA) is 80.8 Å². The van der Waals surface area contributed by atoms with Crippen LogP contribution in [0.4, 0.5) is 5.69 Å². The molecule has 0 saturated carbocycles. The summed E-state index contributed by atoms with van der Waals surface area (Å²) in [5, 5.41) is 3.41. The Morgan fingerprint density at radius 2 is 2.13 bits per heavy atom. The molecule has 7 nitrogen and oxygen atoms in total. The molecule has 1 aliphatic heterocycles. The van der Waals surface area contributed by atoms with Crippen LogP contribution in [0.25, 0.3) is 0 Å². The molecule has 2 heterocycles. The molecular weight excluding hydrogens is 394 g/mol. The van der Waals surface area contributed by atoms with Crippen LogP contribution in [0.1, 0.15) is 39.2 Å². The van der Waals surface area contributed by atoms with Gasteiger partial charge < -0.3 is 14.8 Å². The first-order valence-corrected chi connectivity index (χ1v) is 10.7. The number of carbonyl (C=O) groups excluding carboxylic acids is 2. The average molecular weight is 426 g/mol. The number of carbonyl (C=O) groups is 2. The summed E-state index contributed by atoms with van der Waals surface area (Å²) in [5.74, 6) is 0.537. The Kier molecular flexibility index (Phi) is 7.63. The van der Waals surface area contributed by atoms with Gasteiger partial charge in [-0.05, 0) is 63.9 Å². The summed E-state index contributed by atoms with van der Waals surface area (Å²) < 4.78 is 11.5. The van der Waals surface area contributed by atoms with Gasteiger partial charge in [-0.25, -0.2) is 4.79 Å². The van der Waals surface area contributed by atoms with Crippen LogP contribution in [0.15, 0.2) is 48.8 Å². The third-order valence-corrected chi connectivity index (χ3v) is 4.99. The van der Waals surface area contributed by atoms with E-state index in [4.69, 9.17) is 9.47 Å². The molecule has 3 rings (SSSR count). The number of nitrogens with zero attached hydrogens (tertiary/aromatic N) is 2. The molecule has 1 aromatic carbocycles. The smallest absolute Gasteiger partial charge is 0.329 e. The number of pyridine rings is 1. The van der Waals surface area contributed by atoms with Gasteiger partial charge in [0.2, 0.25) is 6.41 Å². The summed E-state index contributed by atoms with van der Waals surface area (Å²) in [6.07, 6.45) is 6.05. The van der Waals surface area contributed by atoms with E-state index in [0.717, 1.165) is 18.7 Å². The summed E-state index contributed by atoms with van der Waals surface area (Å²) in [5.41, 5.74) is 1.17. The van der Waals surface area contributed by atoms with Gasteiger partial charge >= 0.3 is 5.97 Å². The third kappa shape index (κ3) is 6.52. The Bertz CT molecular complexity index is 842. The van der Waals surface area contributed by atoms with Gasteiger partial charge in [-0.15, -0.1) is 0 Å². The zero-order valence-electron chi connectivity index (χ0n) is 18.4. The van der Waals surface area contributed by atoms with E-state index in [1.807, 2.05) is 39.0 Å². The molecular formula is C24H31N3O4. The number of rotatable bonds is 10. The minimum absolute atomic E-state index is 0.112. The summed E-state index contributed by atoms with van der Waals surface area (Å²) in [7, 11) is 0. The van der Waals surface area contributed by atoms with E-state index in [1.54, 1.807) is 24.5 Å². The molecule has 0 radical (unpaired) electrons. The first kappa shape index (κ1) is 22.7. The molecule has 2 aromatic rings. The van der Waals surface area contributed by atoms with Crippen molar-refractivity contribution in [1.82, 2.24) is 10.3 Å². The van der Waals surface area contributed by atoms with Gasteiger partial charge in [0.25, 0.3) is 0 Å². The maximum Gasteiger partial charge on any atom is 0.329 e. The fourth-order valence-corrected chi connectivity index (χ4v) is 3.61. The fourth-order valence-electron chi connectivity index (χ4n) is 3.61. The maximum absolute atomic E-state index is 12.8. The van der Waals surface area contributed by atoms with E-state index >= 15 is 0 Å². The van der Waals surface area contributed by atoms with Crippen molar-refractivity contribution in [2.24, 2.45) is 0 Å². The molecule has 0 saturated heterocycles. The van der Waals surface area contributed by atoms with Crippen LogP contribution in [-0.4, -0.2) is 48.2 Å². The molecule has 1 amide bonds. The van der Waals surface area contributed by atoms with Gasteiger partial charge in [-0.2, -0.15) is 0 Å². The van der Waals surface area contributed by atoms with Crippen molar-refractivity contribution < 1.29 is 19.1 Å². The first-order valence-electron chi connectivity index (χ1n) is 10.7. The molecule has 0 bridgehead atoms. The van der Waals surface area contributed by atoms with Gasteiger partial charge in [0.15, 0.2) is 0 Å². The van der Waals surface area contributed by atoms with Crippen molar-refractivity contribution in [1.29, 1.82) is 0 Å². The Labute approximate surface area is 183 Å². The molecule has 31 heavy (non-hydrogen) atoms. The molecule has 0 spiro atoms. The summed E-state index contributed by atoms with van der Waals surface area (Å²) in [4.78, 5) is 30.2. The molecule has 1 aliphatic rings. The highest BCUT2D eigenvalue weighted by Gasteiger charge is 2.30. The van der Waals surface area contributed by atoms with Crippen molar-refractivity contribution >= 4 is 18.1 Å². The Balaban J connectivity index is 1.53. The number of nitrogens with one attached hydrogen (secondary N) is 1. The largest absolute Gasteiger partial charge is 0.488 e. The van der Waals surface area contributed by atoms with Crippen LogP contribution in [-0.2, 0) is 20.7 Å². The highest BCUT2D eigenvalue weighted by atomic mass is 16.6. The minimum Gasteiger partial charge on any atom is -0.488 e. The average Bonchev–Trinajstić information content (AvgIpc) is 3.15. The van der Waals surface area contributed by atoms with Crippen LogP contribution >= 0.6 is 0 Å². The van der Waals surface area contributed by atoms with Gasteiger partial charge in [-0.1, -0.05) is 18.2 Å². The number of amides is 1. The summed E-state index contributed by atoms with van der Waals surface area (Å²) in [6.45, 7) is 6.89. The van der Waals surface area contributed by atoms with E-state index in [0.29, 0.717) is 31.5 Å². The number of benzene rings is 1. The van der Waals surface area contributed by atoms with E-state index in [2.05, 4.69) is 16.4 Å². The second kappa shape index (κ2) is 10.4. The number of para-hydroxylation sites is 1. The van der Waals surface area contributed by atoms with Crippen molar-refractivity contribution in [3.63, 3.8) is 0 Å². The molecule has 1 aromatic heterocycles. The van der Waals surface area contributed by atoms with Gasteiger partial charge in [0, 0.05) is 19.2 Å². The van der Waals surface area contributed by atoms with E-state index in [9.17, 15) is 9.59 Å². The minimum atomic E-state index is -0.713. The van der Waals surface area contributed by atoms with E-state index in [-0.39, 0.29) is 6.10 Å². The lowest BCUT2D eigenvalue weighted by Gasteiger charge is -2.30. The lowest BCUT2D eigenvalue weighted by molar-refractivity contribution is -0.157. The fraction of sp³-hybridized carbons (Fsp3) is 0.458. The molecule has 2 atom stereocenters. The molecule has 0 fully saturated rings. The van der Waals surface area contributed by atoms with Crippen LogP contribution in [0.2, 0.25) is 0 Å². The SMILES string of the molecule is CC(C)(C)OC(=O)C(CCCNCC1Cc2ccccc2O1)N(C=O)c1cccnc1. The van der Waals surface area contributed by atoms with Crippen LogP contribution in [0.3, 0.4) is 0 Å². The predicted octanol–water partition coefficient (Wildman–Crippen LogP) is 3.13. The zero-order chi connectivity index (χ0) is 22.3. The maximum atomic E-state index is 12.8. The van der Waals surface area contributed by atoms with Gasteiger partial charge in [0.05, 0.1) is 11.9 Å². The lowest BCUT2D eigenvalue weighted by Crippen LogP contribution is -2.44. The second-order valence-electron chi connectivity index (χ2n) is 8.67. The number of ether oxygens (including phenoxy) is 2. The van der Waals surface area contributed by atoms with Crippen molar-refractivity contribution in [3.05, 3.63) is 54.4 Å². The van der Waals surface area contributed by atoms with Crippen LogP contribution < -0.4 is 15.0 Å². The number of aromatic nitrogens is 1. The summed E-state index contributed by atoms with van der Waals surface area (Å²) >= 11 is 0. The van der Waals surface area contributed by atoms with E-state index < -0.39 is 17.6 Å². The molecule has 2 unspecified atom stereocenters. The Morgan fingerprint density at radius 3 is 2.81 bits per heavy atom. The molecule has 1 N–H and O–H groups in total. The van der Waals surface area contributed by atoms with Gasteiger partial charge in [0.1, 0.15) is 23.5 Å². The number of anilines is 1. The first-order chi connectivity index (χ1) is 14.9. The Hall–Kier alpha value is -2.93. The summed E-state index contributed by atoms with van der Waals surface area (Å²) in [6, 6.07) is 10.9. The molecule has 7 heteroatoms. The van der Waals surface area contributed by atoms with Crippen molar-refractivity contribution in [2.45, 2.75) is 57.8 Å². The van der Waals surface area contributed by atoms with E-state index in [1.165, 1.54) is 10.5 Å². The number of hydrogen-bond acceptors (Lipinski definition) is 6. The number of fused-ring (bicyclic) bond motifs is 1. The molecule has 166 valence electrons. The highest BCUT2D eigenvalue weighted by Crippen LogP contribution is 2.27. The lowest BCUT2D eigenvalue weighted by atomic mass is 10.1. The highest BCUT2D eigenvalue weighted by molar-refractivity contribution is 5.89. The Morgan fingerprint density at radius 1 is 1.32 bits per heavy atom. The zero-order valence-corrected chi connectivity index (χ0v) is 18.4. The van der Waals surface area contributed by atoms with Crippen molar-refractivity contribution in [2.75, 3.05) is 18.0 Å². The normalized spacial score (nSPS) is 16.2. The second-order valence-corrected chi connectivity index (χ2v) is 8.67. The number of hydrogen-bond donors (Lipinski definition) is 1. The monoisotopic (exact) mass is 425 g/mol.